The number of hydrogen-bond acceptors (Lipinski definition) is 4. The summed E-state index contributed by atoms with van der Waals surface area (Å²) in [6.07, 6.45) is 2.34. The number of anilines is 1. The Hall–Kier alpha value is -1.16. The molecule has 16 heavy (non-hydrogen) atoms. The maximum atomic E-state index is 5.79. The Morgan fingerprint density at radius 1 is 1.25 bits per heavy atom. The number of aryl methyl sites for hydroxylation is 1. The van der Waals surface area contributed by atoms with Crippen molar-refractivity contribution in [3.8, 4) is 0 Å². The summed E-state index contributed by atoms with van der Waals surface area (Å²) >= 11 is 0. The van der Waals surface area contributed by atoms with E-state index >= 15 is 0 Å². The molecule has 4 heteroatoms. The van der Waals surface area contributed by atoms with E-state index in [1.807, 2.05) is 14.0 Å². The molecule has 0 radical (unpaired) electrons. The van der Waals surface area contributed by atoms with Gasteiger partial charge in [0.15, 0.2) is 5.82 Å². The van der Waals surface area contributed by atoms with Crippen molar-refractivity contribution in [2.45, 2.75) is 40.2 Å². The van der Waals surface area contributed by atoms with Crippen LogP contribution in [0.3, 0.4) is 0 Å². The third kappa shape index (κ3) is 2.70. The molecule has 0 aliphatic heterocycles. The molecule has 1 aromatic rings. The maximum Gasteiger partial charge on any atom is 0.155 e. The van der Waals surface area contributed by atoms with Gasteiger partial charge in [0.2, 0.25) is 0 Å². The van der Waals surface area contributed by atoms with Crippen LogP contribution in [0.2, 0.25) is 0 Å². The van der Waals surface area contributed by atoms with Crippen molar-refractivity contribution in [2.75, 3.05) is 18.5 Å². The second-order valence-electron chi connectivity index (χ2n) is 4.19. The molecule has 90 valence electrons. The number of nitrogens with two attached hydrogens (primary N) is 1. The molecule has 0 saturated carbocycles. The largest absolute Gasteiger partial charge is 0.358 e. The van der Waals surface area contributed by atoms with Crippen molar-refractivity contribution in [2.24, 2.45) is 5.73 Å². The lowest BCUT2D eigenvalue weighted by atomic mass is 10.1. The Labute approximate surface area is 97.9 Å². The molecule has 0 unspecified atom stereocenters. The van der Waals surface area contributed by atoms with Gasteiger partial charge in [0.05, 0.1) is 5.69 Å². The minimum atomic E-state index is 0.522. The predicted octanol–water partition coefficient (Wildman–Crippen LogP) is 1.79. The quantitative estimate of drug-likeness (QED) is 0.825. The highest BCUT2D eigenvalue weighted by molar-refractivity contribution is 5.49. The van der Waals surface area contributed by atoms with Crippen LogP contribution in [0.5, 0.6) is 0 Å². The SMILES string of the molecule is CCCCN(C)c1nnc(C)c(C)c1CN. The van der Waals surface area contributed by atoms with Crippen LogP contribution in [0, 0.1) is 13.8 Å². The van der Waals surface area contributed by atoms with Gasteiger partial charge in [-0.25, -0.2) is 0 Å². The minimum absolute atomic E-state index is 0.522. The molecule has 0 bridgehead atoms. The first-order chi connectivity index (χ1) is 7.61. The summed E-state index contributed by atoms with van der Waals surface area (Å²) in [5.41, 5.74) is 9.04. The topological polar surface area (TPSA) is 55.0 Å². The summed E-state index contributed by atoms with van der Waals surface area (Å²) in [6.45, 7) is 7.74. The number of unbranched alkanes of at least 4 members (excludes halogenated alkanes) is 1. The lowest BCUT2D eigenvalue weighted by Crippen LogP contribution is -2.23. The molecule has 0 saturated heterocycles. The molecule has 0 fully saturated rings. The van der Waals surface area contributed by atoms with E-state index in [-0.39, 0.29) is 0 Å². The zero-order valence-electron chi connectivity index (χ0n) is 10.7. The Balaban J connectivity index is 2.99. The van der Waals surface area contributed by atoms with Crippen LogP contribution in [0.4, 0.5) is 5.82 Å². The van der Waals surface area contributed by atoms with Gasteiger partial charge in [-0.3, -0.25) is 0 Å². The van der Waals surface area contributed by atoms with E-state index in [0.29, 0.717) is 6.54 Å². The zero-order valence-corrected chi connectivity index (χ0v) is 10.7. The van der Waals surface area contributed by atoms with Gasteiger partial charge < -0.3 is 10.6 Å². The van der Waals surface area contributed by atoms with E-state index in [1.54, 1.807) is 0 Å². The van der Waals surface area contributed by atoms with Crippen molar-refractivity contribution in [3.63, 3.8) is 0 Å². The van der Waals surface area contributed by atoms with Crippen molar-refractivity contribution in [1.29, 1.82) is 0 Å². The maximum absolute atomic E-state index is 5.79. The Morgan fingerprint density at radius 2 is 1.94 bits per heavy atom. The molecule has 0 aliphatic rings. The molecule has 1 aromatic heterocycles. The number of aromatic nitrogens is 2. The Bertz CT molecular complexity index is 349. The van der Waals surface area contributed by atoms with Gasteiger partial charge in [-0.15, -0.1) is 5.10 Å². The van der Waals surface area contributed by atoms with Crippen LogP contribution >= 0.6 is 0 Å². The van der Waals surface area contributed by atoms with Crippen molar-refractivity contribution in [1.82, 2.24) is 10.2 Å². The van der Waals surface area contributed by atoms with E-state index in [1.165, 1.54) is 6.42 Å². The highest BCUT2D eigenvalue weighted by atomic mass is 15.2. The highest BCUT2D eigenvalue weighted by Crippen LogP contribution is 2.20. The van der Waals surface area contributed by atoms with Crippen LogP contribution in [-0.2, 0) is 6.54 Å². The third-order valence-corrected chi connectivity index (χ3v) is 2.97. The lowest BCUT2D eigenvalue weighted by Gasteiger charge is -2.21. The van der Waals surface area contributed by atoms with Crippen LogP contribution in [0.1, 0.15) is 36.6 Å². The molecular weight excluding hydrogens is 200 g/mol. The molecule has 4 nitrogen and oxygen atoms in total. The van der Waals surface area contributed by atoms with Gasteiger partial charge in [-0.05, 0) is 25.8 Å². The second kappa shape index (κ2) is 5.80. The van der Waals surface area contributed by atoms with Crippen molar-refractivity contribution in [3.05, 3.63) is 16.8 Å². The van der Waals surface area contributed by atoms with E-state index < -0.39 is 0 Å². The van der Waals surface area contributed by atoms with Gasteiger partial charge in [0, 0.05) is 25.7 Å². The fourth-order valence-electron chi connectivity index (χ4n) is 1.70. The Kier molecular flexibility index (Phi) is 4.68. The van der Waals surface area contributed by atoms with Crippen LogP contribution in [0.15, 0.2) is 0 Å². The molecule has 0 aromatic carbocycles. The first-order valence-corrected chi connectivity index (χ1v) is 5.85. The first-order valence-electron chi connectivity index (χ1n) is 5.85. The molecular formula is C12H22N4. The van der Waals surface area contributed by atoms with Gasteiger partial charge in [-0.2, -0.15) is 5.10 Å². The minimum Gasteiger partial charge on any atom is -0.358 e. The molecule has 1 rings (SSSR count). The summed E-state index contributed by atoms with van der Waals surface area (Å²) < 4.78 is 0. The highest BCUT2D eigenvalue weighted by Gasteiger charge is 2.12. The number of hydrogen-bond donors (Lipinski definition) is 1. The van der Waals surface area contributed by atoms with Crippen LogP contribution in [0.25, 0.3) is 0 Å². The van der Waals surface area contributed by atoms with E-state index in [0.717, 1.165) is 35.6 Å². The molecule has 1 heterocycles. The fraction of sp³-hybridized carbons (Fsp3) is 0.667. The average Bonchev–Trinajstić information content (AvgIpc) is 2.29. The van der Waals surface area contributed by atoms with Crippen LogP contribution < -0.4 is 10.6 Å². The monoisotopic (exact) mass is 222 g/mol. The van der Waals surface area contributed by atoms with E-state index in [9.17, 15) is 0 Å². The number of nitrogens with zero attached hydrogens (tertiary/aromatic N) is 3. The summed E-state index contributed by atoms with van der Waals surface area (Å²) in [5.74, 6) is 0.930. The smallest absolute Gasteiger partial charge is 0.155 e. The summed E-state index contributed by atoms with van der Waals surface area (Å²) in [7, 11) is 2.05. The number of rotatable bonds is 5. The molecule has 0 spiro atoms. The second-order valence-corrected chi connectivity index (χ2v) is 4.19. The van der Waals surface area contributed by atoms with Gasteiger partial charge in [0.25, 0.3) is 0 Å². The summed E-state index contributed by atoms with van der Waals surface area (Å²) in [5, 5.41) is 8.43. The molecule has 2 N–H and O–H groups in total. The van der Waals surface area contributed by atoms with Gasteiger partial charge in [0.1, 0.15) is 0 Å². The third-order valence-electron chi connectivity index (χ3n) is 2.97. The average molecular weight is 222 g/mol. The fourth-order valence-corrected chi connectivity index (χ4v) is 1.70. The van der Waals surface area contributed by atoms with Crippen molar-refractivity contribution < 1.29 is 0 Å². The lowest BCUT2D eigenvalue weighted by molar-refractivity contribution is 0.743. The molecule has 0 atom stereocenters. The normalized spacial score (nSPS) is 10.6. The molecule has 0 aliphatic carbocycles. The van der Waals surface area contributed by atoms with Gasteiger partial charge >= 0.3 is 0 Å². The van der Waals surface area contributed by atoms with E-state index in [2.05, 4.69) is 28.9 Å². The van der Waals surface area contributed by atoms with Crippen molar-refractivity contribution >= 4 is 5.82 Å². The summed E-state index contributed by atoms with van der Waals surface area (Å²) in [4.78, 5) is 2.14. The summed E-state index contributed by atoms with van der Waals surface area (Å²) in [6, 6.07) is 0. The first kappa shape index (κ1) is 12.9. The Morgan fingerprint density at radius 3 is 2.50 bits per heavy atom. The predicted molar refractivity (Wildman–Crippen MR) is 67.6 cm³/mol. The van der Waals surface area contributed by atoms with E-state index in [4.69, 9.17) is 5.73 Å². The van der Waals surface area contributed by atoms with Crippen LogP contribution in [-0.4, -0.2) is 23.8 Å². The molecule has 0 amide bonds. The zero-order chi connectivity index (χ0) is 12.1. The van der Waals surface area contributed by atoms with Gasteiger partial charge in [-0.1, -0.05) is 13.3 Å². The standard InChI is InChI=1S/C12H22N4/c1-5-6-7-16(4)12-11(8-13)9(2)10(3)14-15-12/h5-8,13H2,1-4H3.